The van der Waals surface area contributed by atoms with Gasteiger partial charge in [0.2, 0.25) is 0 Å². The molecule has 1 heterocycles. The van der Waals surface area contributed by atoms with Crippen molar-refractivity contribution < 1.29 is 9.84 Å². The van der Waals surface area contributed by atoms with Crippen LogP contribution in [0.2, 0.25) is 0 Å². The minimum atomic E-state index is 0.239. The first-order valence-electron chi connectivity index (χ1n) is 4.53. The SMILES string of the molecule is C=C(OC)c1cc2cc(O)ccc2cn1. The Balaban J connectivity index is 2.59. The van der Waals surface area contributed by atoms with Crippen LogP contribution < -0.4 is 0 Å². The molecule has 0 saturated carbocycles. The molecule has 2 rings (SSSR count). The van der Waals surface area contributed by atoms with Gasteiger partial charge >= 0.3 is 0 Å². The second kappa shape index (κ2) is 3.61. The minimum Gasteiger partial charge on any atom is -0.508 e. The van der Waals surface area contributed by atoms with Gasteiger partial charge in [-0.2, -0.15) is 0 Å². The number of rotatable bonds is 2. The smallest absolute Gasteiger partial charge is 0.137 e. The summed E-state index contributed by atoms with van der Waals surface area (Å²) in [6.07, 6.45) is 1.73. The molecule has 0 atom stereocenters. The molecule has 0 aliphatic carbocycles. The number of fused-ring (bicyclic) bond motifs is 1. The highest BCUT2D eigenvalue weighted by molar-refractivity contribution is 5.84. The molecule has 0 aliphatic rings. The Morgan fingerprint density at radius 2 is 2.13 bits per heavy atom. The lowest BCUT2D eigenvalue weighted by atomic mass is 10.1. The summed E-state index contributed by atoms with van der Waals surface area (Å²) < 4.78 is 5.00. The van der Waals surface area contributed by atoms with Gasteiger partial charge in [-0.15, -0.1) is 0 Å². The fraction of sp³-hybridized carbons (Fsp3) is 0.0833. The highest BCUT2D eigenvalue weighted by Gasteiger charge is 2.02. The van der Waals surface area contributed by atoms with Crippen molar-refractivity contribution in [2.75, 3.05) is 7.11 Å². The molecule has 1 aromatic carbocycles. The molecule has 0 radical (unpaired) electrons. The van der Waals surface area contributed by atoms with Gasteiger partial charge < -0.3 is 9.84 Å². The van der Waals surface area contributed by atoms with E-state index in [9.17, 15) is 5.11 Å². The minimum absolute atomic E-state index is 0.239. The molecule has 0 spiro atoms. The average molecular weight is 201 g/mol. The summed E-state index contributed by atoms with van der Waals surface area (Å²) in [6.45, 7) is 3.73. The van der Waals surface area contributed by atoms with Crippen molar-refractivity contribution in [2.24, 2.45) is 0 Å². The number of hydrogen-bond acceptors (Lipinski definition) is 3. The summed E-state index contributed by atoms with van der Waals surface area (Å²) in [7, 11) is 1.55. The first-order valence-corrected chi connectivity index (χ1v) is 4.53. The van der Waals surface area contributed by atoms with Crippen molar-refractivity contribution in [1.82, 2.24) is 4.98 Å². The molecule has 0 unspecified atom stereocenters. The van der Waals surface area contributed by atoms with E-state index >= 15 is 0 Å². The Hall–Kier alpha value is -2.03. The molecular formula is C12H11NO2. The molecule has 1 aromatic heterocycles. The van der Waals surface area contributed by atoms with Gasteiger partial charge in [0.05, 0.1) is 7.11 Å². The number of benzene rings is 1. The highest BCUT2D eigenvalue weighted by atomic mass is 16.5. The van der Waals surface area contributed by atoms with Gasteiger partial charge in [-0.3, -0.25) is 4.98 Å². The van der Waals surface area contributed by atoms with Gasteiger partial charge in [0, 0.05) is 11.6 Å². The fourth-order valence-electron chi connectivity index (χ4n) is 1.39. The zero-order chi connectivity index (χ0) is 10.8. The first-order chi connectivity index (χ1) is 7.20. The zero-order valence-electron chi connectivity index (χ0n) is 8.40. The van der Waals surface area contributed by atoms with E-state index in [2.05, 4.69) is 11.6 Å². The molecule has 15 heavy (non-hydrogen) atoms. The summed E-state index contributed by atoms with van der Waals surface area (Å²) in [6, 6.07) is 6.97. The first kappa shape index (κ1) is 9.52. The molecule has 2 aromatic rings. The molecule has 0 fully saturated rings. The number of methoxy groups -OCH3 is 1. The molecule has 1 N–H and O–H groups in total. The molecule has 3 nitrogen and oxygen atoms in total. The Morgan fingerprint density at radius 1 is 1.33 bits per heavy atom. The van der Waals surface area contributed by atoms with Gasteiger partial charge in [-0.25, -0.2) is 0 Å². The van der Waals surface area contributed by atoms with E-state index in [1.54, 1.807) is 25.4 Å². The summed E-state index contributed by atoms with van der Waals surface area (Å²) in [5, 5.41) is 11.2. The lowest BCUT2D eigenvalue weighted by Gasteiger charge is -2.04. The number of ether oxygens (including phenoxy) is 1. The van der Waals surface area contributed by atoms with E-state index in [4.69, 9.17) is 4.74 Å². The summed E-state index contributed by atoms with van der Waals surface area (Å²) in [5.74, 6) is 0.753. The van der Waals surface area contributed by atoms with Gasteiger partial charge in [0.15, 0.2) is 0 Å². The Kier molecular flexibility index (Phi) is 2.29. The lowest BCUT2D eigenvalue weighted by Crippen LogP contribution is -1.89. The summed E-state index contributed by atoms with van der Waals surface area (Å²) in [4.78, 5) is 4.20. The number of hydrogen-bond donors (Lipinski definition) is 1. The molecule has 3 heteroatoms. The second-order valence-electron chi connectivity index (χ2n) is 3.23. The largest absolute Gasteiger partial charge is 0.508 e. The van der Waals surface area contributed by atoms with E-state index in [0.717, 1.165) is 10.8 Å². The monoisotopic (exact) mass is 201 g/mol. The maximum Gasteiger partial charge on any atom is 0.137 e. The zero-order valence-corrected chi connectivity index (χ0v) is 8.40. The van der Waals surface area contributed by atoms with Gasteiger partial charge in [0.1, 0.15) is 17.2 Å². The number of phenolic OH excluding ortho intramolecular Hbond substituents is 1. The van der Waals surface area contributed by atoms with Gasteiger partial charge in [0.25, 0.3) is 0 Å². The molecule has 0 amide bonds. The molecular weight excluding hydrogens is 190 g/mol. The summed E-state index contributed by atoms with van der Waals surface area (Å²) in [5.41, 5.74) is 0.676. The van der Waals surface area contributed by atoms with Gasteiger partial charge in [-0.05, 0) is 29.7 Å². The Morgan fingerprint density at radius 3 is 2.87 bits per heavy atom. The van der Waals surface area contributed by atoms with E-state index in [1.165, 1.54) is 0 Å². The highest BCUT2D eigenvalue weighted by Crippen LogP contribution is 2.21. The maximum absolute atomic E-state index is 9.34. The molecule has 0 aliphatic heterocycles. The number of aromatic nitrogens is 1. The van der Waals surface area contributed by atoms with E-state index in [-0.39, 0.29) is 5.75 Å². The Labute approximate surface area is 87.6 Å². The molecule has 76 valence electrons. The second-order valence-corrected chi connectivity index (χ2v) is 3.23. The maximum atomic E-state index is 9.34. The average Bonchev–Trinajstić information content (AvgIpc) is 2.27. The van der Waals surface area contributed by atoms with Crippen LogP contribution >= 0.6 is 0 Å². The van der Waals surface area contributed by atoms with Crippen molar-refractivity contribution in [2.45, 2.75) is 0 Å². The predicted octanol–water partition coefficient (Wildman–Crippen LogP) is 2.56. The molecule has 0 bridgehead atoms. The van der Waals surface area contributed by atoms with Crippen LogP contribution in [0.15, 0.2) is 37.0 Å². The fourth-order valence-corrected chi connectivity index (χ4v) is 1.39. The number of nitrogens with zero attached hydrogens (tertiary/aromatic N) is 1. The molecule has 0 saturated heterocycles. The third kappa shape index (κ3) is 1.76. The number of pyridine rings is 1. The number of aromatic hydroxyl groups is 1. The Bertz CT molecular complexity index is 520. The predicted molar refractivity (Wildman–Crippen MR) is 59.5 cm³/mol. The van der Waals surface area contributed by atoms with Crippen molar-refractivity contribution >= 4 is 16.5 Å². The van der Waals surface area contributed by atoms with Crippen LogP contribution in [-0.2, 0) is 4.74 Å². The van der Waals surface area contributed by atoms with E-state index < -0.39 is 0 Å². The van der Waals surface area contributed by atoms with Crippen LogP contribution in [0.5, 0.6) is 5.75 Å². The van der Waals surface area contributed by atoms with Crippen molar-refractivity contribution in [1.29, 1.82) is 0 Å². The lowest BCUT2D eigenvalue weighted by molar-refractivity contribution is 0.369. The van der Waals surface area contributed by atoms with Crippen LogP contribution in [-0.4, -0.2) is 17.2 Å². The quantitative estimate of drug-likeness (QED) is 0.759. The van der Waals surface area contributed by atoms with Crippen LogP contribution in [0.25, 0.3) is 16.5 Å². The van der Waals surface area contributed by atoms with Gasteiger partial charge in [-0.1, -0.05) is 6.58 Å². The normalized spacial score (nSPS) is 10.2. The summed E-state index contributed by atoms with van der Waals surface area (Å²) >= 11 is 0. The third-order valence-electron chi connectivity index (χ3n) is 2.24. The van der Waals surface area contributed by atoms with Crippen molar-refractivity contribution in [3.8, 4) is 5.75 Å². The van der Waals surface area contributed by atoms with Crippen molar-refractivity contribution in [3.63, 3.8) is 0 Å². The van der Waals surface area contributed by atoms with Crippen LogP contribution in [0.1, 0.15) is 5.69 Å². The number of phenols is 1. The van der Waals surface area contributed by atoms with Crippen molar-refractivity contribution in [3.05, 3.63) is 42.7 Å². The van der Waals surface area contributed by atoms with E-state index in [0.29, 0.717) is 11.5 Å². The standard InChI is InChI=1S/C12H11NO2/c1-8(15-2)12-6-10-5-11(14)4-3-9(10)7-13-12/h3-7,14H,1H2,2H3. The van der Waals surface area contributed by atoms with E-state index in [1.807, 2.05) is 12.1 Å². The van der Waals surface area contributed by atoms with Crippen LogP contribution in [0, 0.1) is 0 Å². The van der Waals surface area contributed by atoms with Crippen LogP contribution in [0.3, 0.4) is 0 Å². The third-order valence-corrected chi connectivity index (χ3v) is 2.24. The van der Waals surface area contributed by atoms with Crippen LogP contribution in [0.4, 0.5) is 0 Å². The topological polar surface area (TPSA) is 42.4 Å².